The van der Waals surface area contributed by atoms with Crippen LogP contribution in [0.5, 0.6) is 0 Å². The summed E-state index contributed by atoms with van der Waals surface area (Å²) in [5.74, 6) is 0.714. The normalized spacial score (nSPS) is 20.4. The summed E-state index contributed by atoms with van der Waals surface area (Å²) >= 11 is 0. The van der Waals surface area contributed by atoms with Crippen molar-refractivity contribution in [3.8, 4) is 0 Å². The number of hydrogen-bond acceptors (Lipinski definition) is 1. The van der Waals surface area contributed by atoms with Crippen LogP contribution in [0.4, 0.5) is 0 Å². The number of amides is 1. The van der Waals surface area contributed by atoms with E-state index in [2.05, 4.69) is 13.5 Å². The zero-order chi connectivity index (χ0) is 11.8. The summed E-state index contributed by atoms with van der Waals surface area (Å²) in [7, 11) is 0. The maximum atomic E-state index is 11.6. The van der Waals surface area contributed by atoms with E-state index in [4.69, 9.17) is 0 Å². The smallest absolute Gasteiger partial charge is 0.223 e. The zero-order valence-electron chi connectivity index (χ0n) is 10.6. The highest BCUT2D eigenvalue weighted by Crippen LogP contribution is 2.19. The molecule has 0 radical (unpaired) electrons. The van der Waals surface area contributed by atoms with Gasteiger partial charge in [0, 0.05) is 25.4 Å². The van der Waals surface area contributed by atoms with E-state index in [1.54, 1.807) is 0 Å². The van der Waals surface area contributed by atoms with Crippen LogP contribution in [0, 0.1) is 5.92 Å². The summed E-state index contributed by atoms with van der Waals surface area (Å²) in [6, 6.07) is 0. The van der Waals surface area contributed by atoms with E-state index in [1.165, 1.54) is 38.5 Å². The molecule has 1 atom stereocenters. The summed E-state index contributed by atoms with van der Waals surface area (Å²) in [4.78, 5) is 13.6. The minimum atomic E-state index is 0.318. The van der Waals surface area contributed by atoms with Crippen molar-refractivity contribution >= 4 is 5.91 Å². The van der Waals surface area contributed by atoms with Crippen molar-refractivity contribution in [1.82, 2.24) is 4.90 Å². The second-order valence-electron chi connectivity index (χ2n) is 4.81. The van der Waals surface area contributed by atoms with E-state index in [-0.39, 0.29) is 0 Å². The van der Waals surface area contributed by atoms with Gasteiger partial charge in [-0.1, -0.05) is 45.1 Å². The summed E-state index contributed by atoms with van der Waals surface area (Å²) in [5.41, 5.74) is 0. The molecule has 2 nitrogen and oxygen atoms in total. The Morgan fingerprint density at radius 3 is 2.62 bits per heavy atom. The molecule has 0 saturated carbocycles. The van der Waals surface area contributed by atoms with E-state index >= 15 is 0 Å². The lowest BCUT2D eigenvalue weighted by molar-refractivity contribution is -0.127. The number of nitrogens with zero attached hydrogens (tertiary/aromatic N) is 1. The lowest BCUT2D eigenvalue weighted by Gasteiger charge is -2.15. The van der Waals surface area contributed by atoms with Gasteiger partial charge in [-0.3, -0.25) is 4.79 Å². The van der Waals surface area contributed by atoms with Crippen LogP contribution in [0.2, 0.25) is 0 Å². The molecule has 0 bridgehead atoms. The largest absolute Gasteiger partial charge is 0.342 e. The molecule has 0 spiro atoms. The number of unbranched alkanes of at least 4 members (excludes halogenated alkanes) is 5. The first kappa shape index (κ1) is 13.3. The average molecular weight is 223 g/mol. The highest BCUT2D eigenvalue weighted by atomic mass is 16.2. The van der Waals surface area contributed by atoms with Gasteiger partial charge in [0.25, 0.3) is 0 Å². The van der Waals surface area contributed by atoms with Crippen molar-refractivity contribution in [3.63, 3.8) is 0 Å². The molecule has 0 aromatic rings. The Morgan fingerprint density at radius 2 is 2.00 bits per heavy atom. The monoisotopic (exact) mass is 223 g/mol. The van der Waals surface area contributed by atoms with E-state index in [9.17, 15) is 4.79 Å². The van der Waals surface area contributed by atoms with Crippen molar-refractivity contribution in [1.29, 1.82) is 0 Å². The van der Waals surface area contributed by atoms with Crippen LogP contribution in [0.3, 0.4) is 0 Å². The Labute approximate surface area is 99.7 Å². The van der Waals surface area contributed by atoms with Gasteiger partial charge in [0.05, 0.1) is 0 Å². The lowest BCUT2D eigenvalue weighted by atomic mass is 10.1. The van der Waals surface area contributed by atoms with Gasteiger partial charge in [-0.25, -0.2) is 0 Å². The fourth-order valence-corrected chi connectivity index (χ4v) is 2.26. The maximum Gasteiger partial charge on any atom is 0.223 e. The van der Waals surface area contributed by atoms with Crippen molar-refractivity contribution in [3.05, 3.63) is 12.7 Å². The second kappa shape index (κ2) is 7.48. The maximum absolute atomic E-state index is 11.6. The predicted molar refractivity (Wildman–Crippen MR) is 68.3 cm³/mol. The molecular formula is C14H25NO. The van der Waals surface area contributed by atoms with E-state index in [0.29, 0.717) is 18.2 Å². The van der Waals surface area contributed by atoms with Gasteiger partial charge in [-0.05, 0) is 6.42 Å². The molecule has 0 aliphatic carbocycles. The second-order valence-corrected chi connectivity index (χ2v) is 4.81. The SMILES string of the molecule is C=CC1CC(=O)N(CCCCCCCC)C1. The van der Waals surface area contributed by atoms with E-state index < -0.39 is 0 Å². The molecular weight excluding hydrogens is 198 g/mol. The van der Waals surface area contributed by atoms with Gasteiger partial charge >= 0.3 is 0 Å². The number of rotatable bonds is 8. The average Bonchev–Trinajstić information content (AvgIpc) is 2.65. The molecule has 0 aromatic carbocycles. The first-order valence-corrected chi connectivity index (χ1v) is 6.68. The molecule has 16 heavy (non-hydrogen) atoms. The van der Waals surface area contributed by atoms with Gasteiger partial charge < -0.3 is 4.90 Å². The number of carbonyl (C=O) groups is 1. The van der Waals surface area contributed by atoms with Crippen LogP contribution in [0.1, 0.15) is 51.9 Å². The van der Waals surface area contributed by atoms with Crippen LogP contribution < -0.4 is 0 Å². The molecule has 0 aromatic heterocycles. The lowest BCUT2D eigenvalue weighted by Crippen LogP contribution is -2.26. The van der Waals surface area contributed by atoms with Crippen molar-refractivity contribution in [2.45, 2.75) is 51.9 Å². The fourth-order valence-electron chi connectivity index (χ4n) is 2.26. The Hall–Kier alpha value is -0.790. The third kappa shape index (κ3) is 4.38. The van der Waals surface area contributed by atoms with E-state index in [0.717, 1.165) is 13.1 Å². The summed E-state index contributed by atoms with van der Waals surface area (Å²) in [6.45, 7) is 7.85. The number of likely N-dealkylation sites (tertiary alicyclic amines) is 1. The van der Waals surface area contributed by atoms with Crippen molar-refractivity contribution in [2.75, 3.05) is 13.1 Å². The van der Waals surface area contributed by atoms with Gasteiger partial charge in [0.2, 0.25) is 5.91 Å². The Kier molecular flexibility index (Phi) is 6.20. The van der Waals surface area contributed by atoms with Crippen LogP contribution >= 0.6 is 0 Å². The van der Waals surface area contributed by atoms with Crippen LogP contribution in [0.15, 0.2) is 12.7 Å². The number of hydrogen-bond donors (Lipinski definition) is 0. The molecule has 0 N–H and O–H groups in total. The highest BCUT2D eigenvalue weighted by molar-refractivity contribution is 5.78. The van der Waals surface area contributed by atoms with Gasteiger partial charge in [0.1, 0.15) is 0 Å². The summed E-state index contributed by atoms with van der Waals surface area (Å²) in [6.07, 6.45) is 10.3. The van der Waals surface area contributed by atoms with Crippen molar-refractivity contribution in [2.24, 2.45) is 5.92 Å². The first-order valence-electron chi connectivity index (χ1n) is 6.68. The molecule has 2 heteroatoms. The highest BCUT2D eigenvalue weighted by Gasteiger charge is 2.26. The molecule has 1 aliphatic heterocycles. The van der Waals surface area contributed by atoms with Gasteiger partial charge in [0.15, 0.2) is 0 Å². The van der Waals surface area contributed by atoms with E-state index in [1.807, 2.05) is 11.0 Å². The molecule has 1 saturated heterocycles. The Balaban J connectivity index is 2.05. The molecule has 1 fully saturated rings. The Bertz CT molecular complexity index is 225. The Morgan fingerprint density at radius 1 is 1.31 bits per heavy atom. The molecule has 1 heterocycles. The molecule has 1 amide bonds. The minimum absolute atomic E-state index is 0.318. The van der Waals surface area contributed by atoms with Crippen molar-refractivity contribution < 1.29 is 4.79 Å². The van der Waals surface area contributed by atoms with Crippen LogP contribution in [0.25, 0.3) is 0 Å². The number of carbonyl (C=O) groups excluding carboxylic acids is 1. The third-order valence-corrected chi connectivity index (χ3v) is 3.36. The van der Waals surface area contributed by atoms with Crippen LogP contribution in [-0.4, -0.2) is 23.9 Å². The first-order chi connectivity index (χ1) is 7.77. The quantitative estimate of drug-likeness (QED) is 0.456. The minimum Gasteiger partial charge on any atom is -0.342 e. The zero-order valence-corrected chi connectivity index (χ0v) is 10.6. The standard InChI is InChI=1S/C14H25NO/c1-3-5-6-7-8-9-10-15-12-13(4-2)11-14(15)16/h4,13H,2-3,5-12H2,1H3. The molecule has 1 aliphatic rings. The van der Waals surface area contributed by atoms with Crippen LogP contribution in [-0.2, 0) is 4.79 Å². The molecule has 1 rings (SSSR count). The summed E-state index contributed by atoms with van der Waals surface area (Å²) < 4.78 is 0. The van der Waals surface area contributed by atoms with Gasteiger partial charge in [-0.15, -0.1) is 6.58 Å². The van der Waals surface area contributed by atoms with Gasteiger partial charge in [-0.2, -0.15) is 0 Å². The molecule has 92 valence electrons. The third-order valence-electron chi connectivity index (χ3n) is 3.36. The molecule has 1 unspecified atom stereocenters. The predicted octanol–water partition coefficient (Wildman–Crippen LogP) is 3.38. The fraction of sp³-hybridized carbons (Fsp3) is 0.786. The topological polar surface area (TPSA) is 20.3 Å². The summed E-state index contributed by atoms with van der Waals surface area (Å²) in [5, 5.41) is 0.